The van der Waals surface area contributed by atoms with E-state index in [0.717, 1.165) is 38.6 Å². The predicted octanol–water partition coefficient (Wildman–Crippen LogP) is 10.4. The Bertz CT molecular complexity index is 3070. The summed E-state index contributed by atoms with van der Waals surface area (Å²) in [5, 5.41) is 21.6. The van der Waals surface area contributed by atoms with Crippen molar-refractivity contribution < 1.29 is 32.2 Å². The molecule has 0 saturated carbocycles. The van der Waals surface area contributed by atoms with Crippen LogP contribution in [0.2, 0.25) is 15.5 Å². The Hall–Kier alpha value is -6.95. The molecule has 0 aliphatic carbocycles. The van der Waals surface area contributed by atoms with Crippen LogP contribution in [0.1, 0.15) is 16.7 Å². The Labute approximate surface area is 396 Å². The fraction of sp³-hybridized carbons (Fsp3) is 0.146. The Morgan fingerprint density at radius 2 is 0.866 bits per heavy atom. The molecule has 3 heterocycles. The summed E-state index contributed by atoms with van der Waals surface area (Å²) in [7, 11) is 2.91. The third kappa shape index (κ3) is 12.5. The lowest BCUT2D eigenvalue weighted by Crippen LogP contribution is -2.16. The maximum atomic E-state index is 13.3. The summed E-state index contributed by atoms with van der Waals surface area (Å²) < 4.78 is 54.5. The molecule has 4 N–H and O–H groups in total. The molecule has 0 radical (unpaired) electrons. The molecule has 0 fully saturated rings. The summed E-state index contributed by atoms with van der Waals surface area (Å²) in [4.78, 5) is 23.2. The van der Waals surface area contributed by atoms with E-state index in [1.165, 1.54) is 50.6 Å². The highest BCUT2D eigenvalue weighted by molar-refractivity contribution is 6.35. The molecule has 9 aromatic rings. The molecule has 0 spiro atoms. The van der Waals surface area contributed by atoms with E-state index in [4.69, 9.17) is 50.0 Å². The zero-order valence-corrected chi connectivity index (χ0v) is 38.1. The number of nitrogens with two attached hydrogens (primary N) is 1. The van der Waals surface area contributed by atoms with Crippen LogP contribution in [0.25, 0.3) is 32.7 Å². The molecule has 13 nitrogen and oxygen atoms in total. The van der Waals surface area contributed by atoms with Gasteiger partial charge in [-0.1, -0.05) is 71.2 Å². The highest BCUT2D eigenvalue weighted by Crippen LogP contribution is 2.29. The molecule has 0 aliphatic heterocycles. The van der Waals surface area contributed by atoms with Crippen molar-refractivity contribution in [3.05, 3.63) is 177 Å². The van der Waals surface area contributed by atoms with Crippen molar-refractivity contribution in [2.24, 2.45) is 0 Å². The van der Waals surface area contributed by atoms with Gasteiger partial charge in [-0.2, -0.15) is 15.3 Å². The molecule has 0 aliphatic rings. The van der Waals surface area contributed by atoms with E-state index in [1.807, 2.05) is 36.4 Å². The van der Waals surface area contributed by atoms with Gasteiger partial charge in [0, 0.05) is 47.4 Å². The van der Waals surface area contributed by atoms with E-state index in [0.29, 0.717) is 62.9 Å². The fourth-order valence-electron chi connectivity index (χ4n) is 7.04. The van der Waals surface area contributed by atoms with Gasteiger partial charge in [0.2, 0.25) is 11.8 Å². The van der Waals surface area contributed by atoms with Gasteiger partial charge in [0.1, 0.15) is 30.7 Å². The van der Waals surface area contributed by atoms with Gasteiger partial charge in [0.15, 0.2) is 15.5 Å². The standard InChI is InChI=1S/2C17H15ClFN3O2.C14H11ClFN3/c2*1-24-10-16(23)20-13-5-6-15-14(8-13)17(18)21-22(15)9-11-3-2-4-12(19)7-11;15-14-12-7-11(17)4-5-13(12)19(18-14)8-9-2-1-3-10(16)6-9/h2*2-8H,9-10H2,1H3,(H,20,23);1-7H,8,17H2. The first kappa shape index (κ1) is 48.0. The maximum Gasteiger partial charge on any atom is 0.250 e. The van der Waals surface area contributed by atoms with E-state index < -0.39 is 0 Å². The van der Waals surface area contributed by atoms with E-state index in [1.54, 1.807) is 68.6 Å². The number of amides is 2. The van der Waals surface area contributed by atoms with Crippen LogP contribution < -0.4 is 16.4 Å². The molecular weight excluding hydrogens is 930 g/mol. The van der Waals surface area contributed by atoms with Crippen molar-refractivity contribution in [3.63, 3.8) is 0 Å². The molecule has 2 amide bonds. The molecule has 3 aromatic heterocycles. The first-order chi connectivity index (χ1) is 32.3. The smallest absolute Gasteiger partial charge is 0.250 e. The second-order valence-electron chi connectivity index (χ2n) is 14.9. The molecule has 0 saturated heterocycles. The van der Waals surface area contributed by atoms with Crippen molar-refractivity contribution in [2.45, 2.75) is 19.6 Å². The van der Waals surface area contributed by atoms with Crippen LogP contribution in [-0.4, -0.2) is 68.6 Å². The number of rotatable bonds is 12. The zero-order chi connectivity index (χ0) is 47.6. The van der Waals surface area contributed by atoms with Crippen molar-refractivity contribution in [1.82, 2.24) is 29.3 Å². The van der Waals surface area contributed by atoms with Gasteiger partial charge in [0.25, 0.3) is 0 Å². The second kappa shape index (κ2) is 22.0. The van der Waals surface area contributed by atoms with E-state index >= 15 is 0 Å². The van der Waals surface area contributed by atoms with Gasteiger partial charge < -0.3 is 25.8 Å². The van der Waals surface area contributed by atoms with Crippen LogP contribution in [0, 0.1) is 17.5 Å². The highest BCUT2D eigenvalue weighted by atomic mass is 35.5. The van der Waals surface area contributed by atoms with E-state index in [9.17, 15) is 22.8 Å². The number of carbonyl (C=O) groups excluding carboxylic acids is 2. The van der Waals surface area contributed by atoms with Crippen molar-refractivity contribution in [2.75, 3.05) is 43.8 Å². The van der Waals surface area contributed by atoms with Crippen molar-refractivity contribution in [1.29, 1.82) is 0 Å². The topological polar surface area (TPSA) is 156 Å². The number of anilines is 3. The lowest BCUT2D eigenvalue weighted by molar-refractivity contribution is -0.120. The number of nitrogen functional groups attached to an aromatic ring is 1. The van der Waals surface area contributed by atoms with Gasteiger partial charge in [-0.25, -0.2) is 13.2 Å². The number of methoxy groups -OCH3 is 2. The Morgan fingerprint density at radius 1 is 0.522 bits per heavy atom. The summed E-state index contributed by atoms with van der Waals surface area (Å²) >= 11 is 18.5. The summed E-state index contributed by atoms with van der Waals surface area (Å²) in [6.07, 6.45) is 0. The van der Waals surface area contributed by atoms with Crippen LogP contribution in [0.3, 0.4) is 0 Å². The second-order valence-corrected chi connectivity index (χ2v) is 16.0. The third-order valence-corrected chi connectivity index (χ3v) is 10.8. The van der Waals surface area contributed by atoms with Gasteiger partial charge in [0.05, 0.1) is 36.2 Å². The average Bonchev–Trinajstić information content (AvgIpc) is 3.88. The molecule has 9 rings (SSSR count). The number of ether oxygens (including phenoxy) is 2. The lowest BCUT2D eigenvalue weighted by atomic mass is 10.2. The molecule has 19 heteroatoms. The quantitative estimate of drug-likeness (QED) is 0.102. The Balaban J connectivity index is 0.000000150. The molecular formula is C48H41Cl3F3N9O4. The van der Waals surface area contributed by atoms with Crippen LogP contribution in [0.15, 0.2) is 127 Å². The Kier molecular flexibility index (Phi) is 15.8. The van der Waals surface area contributed by atoms with E-state index in [-0.39, 0.29) is 42.5 Å². The molecule has 0 unspecified atom stereocenters. The minimum atomic E-state index is -0.293. The molecule has 6 aromatic carbocycles. The van der Waals surface area contributed by atoms with Crippen molar-refractivity contribution >= 4 is 96.4 Å². The first-order valence-electron chi connectivity index (χ1n) is 20.3. The van der Waals surface area contributed by atoms with Gasteiger partial charge in [-0.3, -0.25) is 23.6 Å². The van der Waals surface area contributed by atoms with Crippen LogP contribution in [-0.2, 0) is 38.7 Å². The fourth-order valence-corrected chi connectivity index (χ4v) is 7.76. The number of nitrogens with zero attached hydrogens (tertiary/aromatic N) is 6. The largest absolute Gasteiger partial charge is 0.399 e. The summed E-state index contributed by atoms with van der Waals surface area (Å²) in [5.41, 5.74) is 12.5. The molecule has 0 atom stereocenters. The first-order valence-corrected chi connectivity index (χ1v) is 21.4. The number of hydrogen-bond acceptors (Lipinski definition) is 8. The predicted molar refractivity (Wildman–Crippen MR) is 256 cm³/mol. The third-order valence-electron chi connectivity index (χ3n) is 9.92. The minimum absolute atomic E-state index is 0.0232. The average molecular weight is 971 g/mol. The molecule has 344 valence electrons. The number of fused-ring (bicyclic) bond motifs is 3. The molecule has 67 heavy (non-hydrogen) atoms. The zero-order valence-electron chi connectivity index (χ0n) is 35.8. The number of carbonyl (C=O) groups is 2. The number of benzene rings is 6. The number of nitrogens with one attached hydrogen (secondary N) is 2. The van der Waals surface area contributed by atoms with Gasteiger partial charge in [-0.15, -0.1) is 0 Å². The van der Waals surface area contributed by atoms with Crippen molar-refractivity contribution in [3.8, 4) is 0 Å². The van der Waals surface area contributed by atoms with Gasteiger partial charge >= 0.3 is 0 Å². The number of hydrogen-bond donors (Lipinski definition) is 3. The van der Waals surface area contributed by atoms with Crippen LogP contribution in [0.4, 0.5) is 30.2 Å². The van der Waals surface area contributed by atoms with Gasteiger partial charge in [-0.05, 0) is 108 Å². The normalized spacial score (nSPS) is 11.0. The summed E-state index contributed by atoms with van der Waals surface area (Å²) in [6.45, 7) is 1.22. The SMILES string of the molecule is COCC(=O)Nc1ccc2c(c1)c(Cl)nn2Cc1cccc(F)c1.COCC(=O)Nc1ccc2c(c1)c(Cl)nn2Cc1cccc(F)c1.Nc1ccc2c(c1)c(Cl)nn2Cc1cccc(F)c1. The Morgan fingerprint density at radius 3 is 1.21 bits per heavy atom. The van der Waals surface area contributed by atoms with Crippen LogP contribution >= 0.6 is 34.8 Å². The molecule has 0 bridgehead atoms. The number of aromatic nitrogens is 6. The maximum absolute atomic E-state index is 13.3. The minimum Gasteiger partial charge on any atom is -0.399 e. The highest BCUT2D eigenvalue weighted by Gasteiger charge is 2.14. The summed E-state index contributed by atoms with van der Waals surface area (Å²) in [5.74, 6) is -1.35. The monoisotopic (exact) mass is 969 g/mol. The van der Waals surface area contributed by atoms with E-state index in [2.05, 4.69) is 25.9 Å². The van der Waals surface area contributed by atoms with Crippen LogP contribution in [0.5, 0.6) is 0 Å². The number of halogens is 6. The summed E-state index contributed by atoms with van der Waals surface area (Å²) in [6, 6.07) is 35.2. The lowest BCUT2D eigenvalue weighted by Gasteiger charge is -2.06.